The number of hydrogen-bond donors (Lipinski definition) is 3. The molecule has 7 heteroatoms. The lowest BCUT2D eigenvalue weighted by atomic mass is 9.86. The molecule has 2 atom stereocenters. The van der Waals surface area contributed by atoms with Gasteiger partial charge in [-0.15, -0.1) is 0 Å². The van der Waals surface area contributed by atoms with Gasteiger partial charge in [0.15, 0.2) is 0 Å². The van der Waals surface area contributed by atoms with Crippen LogP contribution in [0.25, 0.3) is 11.1 Å². The number of nitrogens with zero attached hydrogens (tertiary/aromatic N) is 1. The van der Waals surface area contributed by atoms with Crippen molar-refractivity contribution in [2.45, 2.75) is 57.9 Å². The van der Waals surface area contributed by atoms with Crippen molar-refractivity contribution in [3.8, 4) is 16.9 Å². The maximum absolute atomic E-state index is 13.1. The number of carbonyl (C=O) groups excluding carboxylic acids is 1. The normalized spacial score (nSPS) is 17.2. The summed E-state index contributed by atoms with van der Waals surface area (Å²) in [5.74, 6) is -0.834. The molecule has 7 nitrogen and oxygen atoms in total. The number of rotatable bonds is 11. The number of likely N-dealkylation sites (tertiary alicyclic amines) is 1. The molecular formula is C33H39N3O4. The molecule has 4 rings (SSSR count). The summed E-state index contributed by atoms with van der Waals surface area (Å²) in [5.41, 5.74) is 10.9. The van der Waals surface area contributed by atoms with E-state index in [2.05, 4.69) is 45.0 Å². The molecule has 3 aromatic rings. The number of nitrogens with two attached hydrogens (primary N) is 1. The number of carbonyl (C=O) groups is 2. The first-order chi connectivity index (χ1) is 19.0. The number of amidine groups is 1. The average Bonchev–Trinajstić information content (AvgIpc) is 3.21. The van der Waals surface area contributed by atoms with E-state index in [0.29, 0.717) is 30.9 Å². The van der Waals surface area contributed by atoms with Crippen molar-refractivity contribution in [3.05, 3.63) is 89.5 Å². The van der Waals surface area contributed by atoms with Crippen molar-refractivity contribution in [2.75, 3.05) is 13.2 Å². The first-order valence-corrected chi connectivity index (χ1v) is 13.8. The van der Waals surface area contributed by atoms with E-state index in [-0.39, 0.29) is 29.6 Å². The van der Waals surface area contributed by atoms with Gasteiger partial charge in [0.25, 0.3) is 0 Å². The lowest BCUT2D eigenvalue weighted by Crippen LogP contribution is -2.38. The maximum Gasteiger partial charge on any atom is 0.304 e. The third-order valence-corrected chi connectivity index (χ3v) is 7.56. The van der Waals surface area contributed by atoms with E-state index >= 15 is 0 Å². The number of carboxylic acid groups (broad SMARTS) is 1. The summed E-state index contributed by atoms with van der Waals surface area (Å²) in [7, 11) is 0. The number of aryl methyl sites for hydroxylation is 1. The molecule has 1 amide bonds. The second-order valence-corrected chi connectivity index (χ2v) is 11.6. The molecule has 210 valence electrons. The zero-order chi connectivity index (χ0) is 28.9. The van der Waals surface area contributed by atoms with Crippen LogP contribution in [0.3, 0.4) is 0 Å². The van der Waals surface area contributed by atoms with Gasteiger partial charge in [0.05, 0.1) is 18.4 Å². The Kier molecular flexibility index (Phi) is 8.93. The van der Waals surface area contributed by atoms with Crippen LogP contribution in [0.2, 0.25) is 0 Å². The number of ether oxygens (including phenoxy) is 1. The summed E-state index contributed by atoms with van der Waals surface area (Å²) in [6, 6.07) is 23.7. The van der Waals surface area contributed by atoms with Crippen LogP contribution in [-0.2, 0) is 21.4 Å². The van der Waals surface area contributed by atoms with Crippen molar-refractivity contribution in [1.82, 2.24) is 4.90 Å². The molecule has 0 radical (unpaired) electrons. The van der Waals surface area contributed by atoms with E-state index in [0.717, 1.165) is 24.0 Å². The number of carboxylic acids is 1. The fourth-order valence-electron chi connectivity index (χ4n) is 5.21. The van der Waals surface area contributed by atoms with Crippen LogP contribution in [0.15, 0.2) is 72.8 Å². The minimum Gasteiger partial charge on any atom is -0.491 e. The summed E-state index contributed by atoms with van der Waals surface area (Å²) >= 11 is 0. The zero-order valence-electron chi connectivity index (χ0n) is 23.5. The van der Waals surface area contributed by atoms with Crippen molar-refractivity contribution < 1.29 is 19.4 Å². The van der Waals surface area contributed by atoms with Gasteiger partial charge < -0.3 is 20.5 Å². The average molecular weight is 542 g/mol. The standard InChI is InChI=1S/C33H39N3O4/c1-33(2,3)27-14-6-22(7-15-27)5-4-18-36-28(19-26(32(36)39)20-30(37)38)21-40-29-16-12-24(13-17-29)23-8-10-25(11-9-23)31(34)35/h6-17,26,28H,4-5,18-21H2,1-3H3,(H3,34,35)(H,37,38)/t26-,28-/m0/s1. The molecule has 0 bridgehead atoms. The van der Waals surface area contributed by atoms with Gasteiger partial charge in [-0.05, 0) is 59.1 Å². The Bertz CT molecular complexity index is 1330. The topological polar surface area (TPSA) is 117 Å². The highest BCUT2D eigenvalue weighted by Crippen LogP contribution is 2.30. The van der Waals surface area contributed by atoms with Crippen molar-refractivity contribution in [2.24, 2.45) is 11.7 Å². The van der Waals surface area contributed by atoms with Crippen molar-refractivity contribution in [1.29, 1.82) is 5.41 Å². The molecule has 1 saturated heterocycles. The molecule has 0 spiro atoms. The lowest BCUT2D eigenvalue weighted by molar-refractivity contribution is -0.142. The summed E-state index contributed by atoms with van der Waals surface area (Å²) in [6.45, 7) is 7.47. The minimum absolute atomic E-state index is 0.0371. The van der Waals surface area contributed by atoms with E-state index in [1.807, 2.05) is 53.4 Å². The van der Waals surface area contributed by atoms with Gasteiger partial charge in [-0.3, -0.25) is 15.0 Å². The van der Waals surface area contributed by atoms with Gasteiger partial charge in [-0.2, -0.15) is 0 Å². The smallest absolute Gasteiger partial charge is 0.304 e. The molecule has 1 fully saturated rings. The van der Waals surface area contributed by atoms with Crippen LogP contribution in [0, 0.1) is 11.3 Å². The Morgan fingerprint density at radius 3 is 2.15 bits per heavy atom. The molecule has 3 aromatic carbocycles. The molecule has 0 saturated carbocycles. The van der Waals surface area contributed by atoms with Crippen LogP contribution in [0.1, 0.15) is 56.7 Å². The predicted molar refractivity (Wildman–Crippen MR) is 158 cm³/mol. The van der Waals surface area contributed by atoms with Crippen LogP contribution >= 0.6 is 0 Å². The molecule has 1 aliphatic heterocycles. The summed E-state index contributed by atoms with van der Waals surface area (Å²) < 4.78 is 6.09. The van der Waals surface area contributed by atoms with Crippen LogP contribution in [-0.4, -0.2) is 46.9 Å². The van der Waals surface area contributed by atoms with Gasteiger partial charge in [-0.25, -0.2) is 0 Å². The molecule has 0 unspecified atom stereocenters. The Morgan fingerprint density at radius 1 is 1.00 bits per heavy atom. The van der Waals surface area contributed by atoms with Crippen LogP contribution < -0.4 is 10.5 Å². The van der Waals surface area contributed by atoms with Gasteiger partial charge >= 0.3 is 5.97 Å². The summed E-state index contributed by atoms with van der Waals surface area (Å²) in [4.78, 5) is 26.3. The fourth-order valence-corrected chi connectivity index (χ4v) is 5.21. The third kappa shape index (κ3) is 7.29. The Hall–Kier alpha value is -4.13. The second-order valence-electron chi connectivity index (χ2n) is 11.6. The first kappa shape index (κ1) is 28.9. The van der Waals surface area contributed by atoms with Gasteiger partial charge in [-0.1, -0.05) is 81.4 Å². The minimum atomic E-state index is -0.953. The largest absolute Gasteiger partial charge is 0.491 e. The Balaban J connectivity index is 1.36. The summed E-state index contributed by atoms with van der Waals surface area (Å²) in [5, 5.41) is 16.9. The molecule has 0 aliphatic carbocycles. The molecule has 40 heavy (non-hydrogen) atoms. The zero-order valence-corrected chi connectivity index (χ0v) is 23.5. The number of nitrogens with one attached hydrogen (secondary N) is 1. The molecular weight excluding hydrogens is 502 g/mol. The quantitative estimate of drug-likeness (QED) is 0.215. The van der Waals surface area contributed by atoms with Gasteiger partial charge in [0.1, 0.15) is 18.2 Å². The third-order valence-electron chi connectivity index (χ3n) is 7.56. The Labute approximate surface area is 236 Å². The van der Waals surface area contributed by atoms with E-state index in [9.17, 15) is 14.7 Å². The molecule has 0 aromatic heterocycles. The van der Waals surface area contributed by atoms with E-state index < -0.39 is 11.9 Å². The number of aliphatic carboxylic acids is 1. The monoisotopic (exact) mass is 541 g/mol. The predicted octanol–water partition coefficient (Wildman–Crippen LogP) is 5.64. The molecule has 4 N–H and O–H groups in total. The van der Waals surface area contributed by atoms with E-state index in [1.165, 1.54) is 11.1 Å². The summed E-state index contributed by atoms with van der Waals surface area (Å²) in [6.07, 6.45) is 1.97. The number of benzene rings is 3. The van der Waals surface area contributed by atoms with Gasteiger partial charge in [0, 0.05) is 12.1 Å². The molecule has 1 heterocycles. The fraction of sp³-hybridized carbons (Fsp3) is 0.364. The SMILES string of the molecule is CC(C)(C)c1ccc(CCCN2C(=O)[C@H](CC(=O)O)C[C@H]2COc2ccc(-c3ccc(C(=N)N)cc3)cc2)cc1. The number of amides is 1. The lowest BCUT2D eigenvalue weighted by Gasteiger charge is -2.25. The van der Waals surface area contributed by atoms with Gasteiger partial charge in [0.2, 0.25) is 5.91 Å². The number of nitrogen functional groups attached to an aromatic ring is 1. The van der Waals surface area contributed by atoms with E-state index in [1.54, 1.807) is 0 Å². The van der Waals surface area contributed by atoms with Crippen LogP contribution in [0.4, 0.5) is 0 Å². The maximum atomic E-state index is 13.1. The second kappa shape index (κ2) is 12.4. The highest BCUT2D eigenvalue weighted by atomic mass is 16.5. The van der Waals surface area contributed by atoms with Crippen molar-refractivity contribution >= 4 is 17.7 Å². The molecule has 1 aliphatic rings. The van der Waals surface area contributed by atoms with E-state index in [4.69, 9.17) is 15.9 Å². The Morgan fingerprint density at radius 2 is 1.60 bits per heavy atom. The first-order valence-electron chi connectivity index (χ1n) is 13.8. The highest BCUT2D eigenvalue weighted by molar-refractivity contribution is 5.95. The number of hydrogen-bond acceptors (Lipinski definition) is 4. The van der Waals surface area contributed by atoms with Crippen LogP contribution in [0.5, 0.6) is 5.75 Å². The highest BCUT2D eigenvalue weighted by Gasteiger charge is 2.40. The van der Waals surface area contributed by atoms with Crippen molar-refractivity contribution in [3.63, 3.8) is 0 Å².